The molecule has 1 heterocycles. The zero-order valence-corrected chi connectivity index (χ0v) is 12.2. The first kappa shape index (κ1) is 13.4. The van der Waals surface area contributed by atoms with Crippen molar-refractivity contribution in [2.75, 3.05) is 18.5 Å². The van der Waals surface area contributed by atoms with Gasteiger partial charge in [-0.25, -0.2) is 18.1 Å². The maximum atomic E-state index is 11.1. The zero-order valence-electron chi connectivity index (χ0n) is 11.3. The van der Waals surface area contributed by atoms with E-state index in [2.05, 4.69) is 14.3 Å². The summed E-state index contributed by atoms with van der Waals surface area (Å²) in [4.78, 5) is 4.66. The summed E-state index contributed by atoms with van der Waals surface area (Å²) >= 11 is 0. The number of fused-ring (bicyclic) bond motifs is 1. The molecule has 1 aliphatic rings. The van der Waals surface area contributed by atoms with Crippen molar-refractivity contribution in [2.45, 2.75) is 25.3 Å². The lowest BCUT2D eigenvalue weighted by molar-refractivity contribution is 0.577. The van der Waals surface area contributed by atoms with Crippen LogP contribution in [0.4, 0.5) is 5.69 Å². The number of anilines is 1. The third-order valence-corrected chi connectivity index (χ3v) is 4.17. The largest absolute Gasteiger partial charge is 0.399 e. The lowest BCUT2D eigenvalue weighted by atomic mass is 10.3. The van der Waals surface area contributed by atoms with Crippen LogP contribution in [-0.4, -0.2) is 30.8 Å². The minimum atomic E-state index is -3.16. The van der Waals surface area contributed by atoms with E-state index in [0.29, 0.717) is 24.7 Å². The summed E-state index contributed by atoms with van der Waals surface area (Å²) in [5.41, 5.74) is 8.38. The molecule has 0 unspecified atom stereocenters. The predicted octanol–water partition coefficient (Wildman–Crippen LogP) is 1.05. The number of sulfonamides is 1. The molecular weight excluding hydrogens is 276 g/mol. The van der Waals surface area contributed by atoms with Gasteiger partial charge in [-0.05, 0) is 31.0 Å². The van der Waals surface area contributed by atoms with Crippen LogP contribution in [0, 0.1) is 0 Å². The maximum Gasteiger partial charge on any atom is 0.208 e. The molecule has 0 saturated heterocycles. The summed E-state index contributed by atoms with van der Waals surface area (Å²) in [7, 11) is -3.16. The van der Waals surface area contributed by atoms with Crippen LogP contribution < -0.4 is 10.5 Å². The Labute approximate surface area is 118 Å². The quantitative estimate of drug-likeness (QED) is 0.806. The number of rotatable bonds is 5. The molecule has 3 N–H and O–H groups in total. The van der Waals surface area contributed by atoms with Gasteiger partial charge in [0.2, 0.25) is 10.0 Å². The Balaban J connectivity index is 1.92. The van der Waals surface area contributed by atoms with E-state index in [1.807, 2.05) is 18.2 Å². The molecule has 0 atom stereocenters. The van der Waals surface area contributed by atoms with Crippen LogP contribution in [0.15, 0.2) is 18.2 Å². The topological polar surface area (TPSA) is 90.0 Å². The molecule has 0 bridgehead atoms. The van der Waals surface area contributed by atoms with Crippen molar-refractivity contribution >= 4 is 26.7 Å². The van der Waals surface area contributed by atoms with Gasteiger partial charge in [-0.2, -0.15) is 0 Å². The van der Waals surface area contributed by atoms with Gasteiger partial charge in [0.15, 0.2) is 0 Å². The van der Waals surface area contributed by atoms with Crippen LogP contribution in [0.25, 0.3) is 11.0 Å². The van der Waals surface area contributed by atoms with Crippen LogP contribution in [0.2, 0.25) is 0 Å². The van der Waals surface area contributed by atoms with E-state index >= 15 is 0 Å². The second-order valence-electron chi connectivity index (χ2n) is 5.31. The van der Waals surface area contributed by atoms with Gasteiger partial charge < -0.3 is 10.3 Å². The first-order valence-corrected chi connectivity index (χ1v) is 8.53. The van der Waals surface area contributed by atoms with Crippen molar-refractivity contribution in [3.05, 3.63) is 24.0 Å². The molecule has 6 nitrogen and oxygen atoms in total. The molecule has 0 spiro atoms. The fourth-order valence-corrected chi connectivity index (χ4v) is 2.86. The van der Waals surface area contributed by atoms with Crippen molar-refractivity contribution in [3.63, 3.8) is 0 Å². The van der Waals surface area contributed by atoms with Crippen molar-refractivity contribution in [3.8, 4) is 0 Å². The monoisotopic (exact) mass is 294 g/mol. The van der Waals surface area contributed by atoms with Crippen molar-refractivity contribution in [1.29, 1.82) is 0 Å². The number of nitrogens with two attached hydrogens (primary N) is 1. The highest BCUT2D eigenvalue weighted by Gasteiger charge is 2.29. The number of hydrogen-bond acceptors (Lipinski definition) is 4. The number of aromatic nitrogens is 2. The highest BCUT2D eigenvalue weighted by Crippen LogP contribution is 2.40. The number of imidazole rings is 1. The summed E-state index contributed by atoms with van der Waals surface area (Å²) in [6.45, 7) is 0.952. The summed E-state index contributed by atoms with van der Waals surface area (Å²) in [6, 6.07) is 5.66. The van der Waals surface area contributed by atoms with Gasteiger partial charge in [0.25, 0.3) is 0 Å². The number of nitrogens with one attached hydrogen (secondary N) is 1. The lowest BCUT2D eigenvalue weighted by Gasteiger charge is -2.09. The summed E-state index contributed by atoms with van der Waals surface area (Å²) < 4.78 is 26.9. The molecule has 108 valence electrons. The van der Waals surface area contributed by atoms with E-state index in [4.69, 9.17) is 5.73 Å². The molecular formula is C13H18N4O2S. The average molecular weight is 294 g/mol. The Morgan fingerprint density at radius 2 is 2.20 bits per heavy atom. The van der Waals surface area contributed by atoms with E-state index in [0.717, 1.165) is 29.7 Å². The predicted molar refractivity (Wildman–Crippen MR) is 79.0 cm³/mol. The SMILES string of the molecule is CS(=O)(=O)NCCn1c(C2CC2)nc2cc(N)ccc21. The fourth-order valence-electron chi connectivity index (χ4n) is 2.40. The van der Waals surface area contributed by atoms with Crippen LogP contribution >= 0.6 is 0 Å². The van der Waals surface area contributed by atoms with Gasteiger partial charge in [0, 0.05) is 24.7 Å². The van der Waals surface area contributed by atoms with E-state index < -0.39 is 10.0 Å². The van der Waals surface area contributed by atoms with Gasteiger partial charge in [0.1, 0.15) is 5.82 Å². The molecule has 1 saturated carbocycles. The average Bonchev–Trinajstić information content (AvgIpc) is 3.12. The minimum absolute atomic E-state index is 0.369. The smallest absolute Gasteiger partial charge is 0.208 e. The molecule has 0 amide bonds. The van der Waals surface area contributed by atoms with Crippen LogP contribution in [-0.2, 0) is 16.6 Å². The van der Waals surface area contributed by atoms with E-state index in [-0.39, 0.29) is 0 Å². The Morgan fingerprint density at radius 3 is 2.85 bits per heavy atom. The third-order valence-electron chi connectivity index (χ3n) is 3.44. The van der Waals surface area contributed by atoms with Crippen molar-refractivity contribution < 1.29 is 8.42 Å². The van der Waals surface area contributed by atoms with Crippen molar-refractivity contribution in [2.24, 2.45) is 0 Å². The molecule has 3 rings (SSSR count). The fraction of sp³-hybridized carbons (Fsp3) is 0.462. The van der Waals surface area contributed by atoms with Crippen LogP contribution in [0.1, 0.15) is 24.6 Å². The summed E-state index contributed by atoms with van der Waals surface area (Å²) in [5.74, 6) is 1.54. The summed E-state index contributed by atoms with van der Waals surface area (Å²) in [6.07, 6.45) is 3.47. The van der Waals surface area contributed by atoms with Gasteiger partial charge in [-0.3, -0.25) is 0 Å². The Morgan fingerprint density at radius 1 is 1.45 bits per heavy atom. The minimum Gasteiger partial charge on any atom is -0.399 e. The second-order valence-corrected chi connectivity index (χ2v) is 7.14. The molecule has 1 fully saturated rings. The number of benzene rings is 1. The van der Waals surface area contributed by atoms with E-state index in [1.54, 1.807) is 0 Å². The highest BCUT2D eigenvalue weighted by atomic mass is 32.2. The van der Waals surface area contributed by atoms with E-state index in [9.17, 15) is 8.42 Å². The van der Waals surface area contributed by atoms with Gasteiger partial charge in [-0.15, -0.1) is 0 Å². The Hall–Kier alpha value is -1.60. The molecule has 1 aliphatic carbocycles. The Bertz CT molecular complexity index is 747. The van der Waals surface area contributed by atoms with Crippen LogP contribution in [0.3, 0.4) is 0 Å². The zero-order chi connectivity index (χ0) is 14.3. The lowest BCUT2D eigenvalue weighted by Crippen LogP contribution is -2.26. The molecule has 20 heavy (non-hydrogen) atoms. The van der Waals surface area contributed by atoms with E-state index in [1.165, 1.54) is 6.26 Å². The molecule has 0 aliphatic heterocycles. The second kappa shape index (κ2) is 4.75. The van der Waals surface area contributed by atoms with Crippen molar-refractivity contribution in [1.82, 2.24) is 14.3 Å². The molecule has 0 radical (unpaired) electrons. The number of hydrogen-bond donors (Lipinski definition) is 2. The first-order chi connectivity index (χ1) is 9.44. The standard InChI is InChI=1S/C13H18N4O2S/c1-20(18,19)15-6-7-17-12-5-4-10(14)8-11(12)16-13(17)9-2-3-9/h4-5,8-9,15H,2-3,6-7,14H2,1H3. The maximum absolute atomic E-state index is 11.1. The number of nitrogens with zero attached hydrogens (tertiary/aromatic N) is 2. The normalized spacial score (nSPS) is 15.8. The van der Waals surface area contributed by atoms with Gasteiger partial charge in [-0.1, -0.05) is 0 Å². The highest BCUT2D eigenvalue weighted by molar-refractivity contribution is 7.88. The molecule has 7 heteroatoms. The molecule has 2 aromatic rings. The Kier molecular flexibility index (Phi) is 3.18. The molecule has 1 aromatic carbocycles. The van der Waals surface area contributed by atoms with Crippen LogP contribution in [0.5, 0.6) is 0 Å². The molecule has 1 aromatic heterocycles. The first-order valence-electron chi connectivity index (χ1n) is 6.64. The van der Waals surface area contributed by atoms with Gasteiger partial charge >= 0.3 is 0 Å². The summed E-state index contributed by atoms with van der Waals surface area (Å²) in [5, 5.41) is 0. The third kappa shape index (κ3) is 2.78. The van der Waals surface area contributed by atoms with Gasteiger partial charge in [0.05, 0.1) is 17.3 Å². The number of nitrogen functional groups attached to an aromatic ring is 1.